The number of anilines is 1. The van der Waals surface area contributed by atoms with Gasteiger partial charge in [-0.25, -0.2) is 0 Å². The Morgan fingerprint density at radius 1 is 1.20 bits per heavy atom. The molecule has 0 radical (unpaired) electrons. The van der Waals surface area contributed by atoms with Gasteiger partial charge < -0.3 is 20.4 Å². The van der Waals surface area contributed by atoms with E-state index in [-0.39, 0.29) is 17.9 Å². The number of hydrogen-bond donors (Lipinski definition) is 3. The van der Waals surface area contributed by atoms with Crippen molar-refractivity contribution in [3.63, 3.8) is 0 Å². The number of hydrogen-bond acceptors (Lipinski definition) is 4. The van der Waals surface area contributed by atoms with Crippen LogP contribution in [0.2, 0.25) is 0 Å². The van der Waals surface area contributed by atoms with Gasteiger partial charge in [-0.1, -0.05) is 24.6 Å². The Morgan fingerprint density at radius 2 is 2.03 bits per heavy atom. The summed E-state index contributed by atoms with van der Waals surface area (Å²) >= 11 is 0. The van der Waals surface area contributed by atoms with Crippen LogP contribution in [0.15, 0.2) is 52.1 Å². The number of fused-ring (bicyclic) bond motifs is 1. The Labute approximate surface area is 177 Å². The molecule has 1 aromatic heterocycles. The Hall–Kier alpha value is -2.80. The van der Waals surface area contributed by atoms with Gasteiger partial charge in [0.05, 0.1) is 12.3 Å². The minimum atomic E-state index is 0.0615. The van der Waals surface area contributed by atoms with Crippen LogP contribution in [0.1, 0.15) is 49.0 Å². The first-order valence-electron chi connectivity index (χ1n) is 10.9. The number of aliphatic imine (C=N–C) groups is 1. The van der Waals surface area contributed by atoms with Crippen LogP contribution in [0.3, 0.4) is 0 Å². The van der Waals surface area contributed by atoms with Gasteiger partial charge in [-0.15, -0.1) is 0 Å². The largest absolute Gasteiger partial charge is 0.468 e. The maximum Gasteiger partial charge on any atom is 0.225 e. The van der Waals surface area contributed by atoms with Gasteiger partial charge in [-0.05, 0) is 49.7 Å². The summed E-state index contributed by atoms with van der Waals surface area (Å²) in [5.41, 5.74) is 2.08. The lowest BCUT2D eigenvalue weighted by Gasteiger charge is -2.34. The number of furan rings is 1. The van der Waals surface area contributed by atoms with Crippen LogP contribution in [0.4, 0.5) is 5.69 Å². The average molecular weight is 410 g/mol. The number of benzene rings is 1. The second-order valence-corrected chi connectivity index (χ2v) is 8.00. The van der Waals surface area contributed by atoms with E-state index in [9.17, 15) is 4.79 Å². The molecule has 4 rings (SSSR count). The van der Waals surface area contributed by atoms with Crippen molar-refractivity contribution in [2.75, 3.05) is 38.5 Å². The third kappa shape index (κ3) is 4.84. The minimum Gasteiger partial charge on any atom is -0.468 e. The Bertz CT molecular complexity index is 858. The molecular weight excluding hydrogens is 378 g/mol. The van der Waals surface area contributed by atoms with Crippen molar-refractivity contribution >= 4 is 17.6 Å². The number of carbonyl (C=O) groups is 1. The fourth-order valence-corrected chi connectivity index (χ4v) is 4.44. The zero-order valence-electron chi connectivity index (χ0n) is 17.6. The molecule has 2 aliphatic rings. The molecule has 7 nitrogen and oxygen atoms in total. The SMILES string of the molecule is CN=C(NCC1CC(=O)Nc2ccccc21)NCC(c1ccco1)N1CCCCC1. The van der Waals surface area contributed by atoms with Gasteiger partial charge >= 0.3 is 0 Å². The molecule has 2 unspecified atom stereocenters. The van der Waals surface area contributed by atoms with Crippen molar-refractivity contribution in [3.8, 4) is 0 Å². The summed E-state index contributed by atoms with van der Waals surface area (Å²) in [4.78, 5) is 19.0. The highest BCUT2D eigenvalue weighted by Crippen LogP contribution is 2.31. The second-order valence-electron chi connectivity index (χ2n) is 8.00. The highest BCUT2D eigenvalue weighted by Gasteiger charge is 2.26. The van der Waals surface area contributed by atoms with Gasteiger partial charge in [-0.3, -0.25) is 14.7 Å². The van der Waals surface area contributed by atoms with E-state index in [1.165, 1.54) is 24.8 Å². The van der Waals surface area contributed by atoms with Crippen LogP contribution >= 0.6 is 0 Å². The summed E-state index contributed by atoms with van der Waals surface area (Å²) in [7, 11) is 1.78. The molecule has 2 aromatic rings. The van der Waals surface area contributed by atoms with Gasteiger partial charge in [-0.2, -0.15) is 0 Å². The molecule has 1 amide bonds. The average Bonchev–Trinajstić information content (AvgIpc) is 3.31. The van der Waals surface area contributed by atoms with E-state index in [0.29, 0.717) is 13.0 Å². The number of amides is 1. The predicted molar refractivity (Wildman–Crippen MR) is 119 cm³/mol. The number of nitrogens with zero attached hydrogens (tertiary/aromatic N) is 2. The van der Waals surface area contributed by atoms with Gasteiger partial charge in [0.15, 0.2) is 5.96 Å². The molecule has 0 saturated carbocycles. The van der Waals surface area contributed by atoms with Crippen molar-refractivity contribution in [3.05, 3.63) is 54.0 Å². The van der Waals surface area contributed by atoms with Gasteiger partial charge in [0.2, 0.25) is 5.91 Å². The lowest BCUT2D eigenvalue weighted by atomic mass is 9.90. The number of carbonyl (C=O) groups excluding carboxylic acids is 1. The molecule has 3 N–H and O–H groups in total. The maximum atomic E-state index is 12.1. The molecule has 2 atom stereocenters. The molecule has 0 bridgehead atoms. The monoisotopic (exact) mass is 409 g/mol. The zero-order valence-corrected chi connectivity index (χ0v) is 17.6. The van der Waals surface area contributed by atoms with Gasteiger partial charge in [0, 0.05) is 38.2 Å². The summed E-state index contributed by atoms with van der Waals surface area (Å²) in [5.74, 6) is 1.91. The van der Waals surface area contributed by atoms with E-state index in [1.807, 2.05) is 24.3 Å². The number of nitrogens with one attached hydrogen (secondary N) is 3. The number of rotatable bonds is 6. The van der Waals surface area contributed by atoms with Crippen LogP contribution in [0.25, 0.3) is 0 Å². The highest BCUT2D eigenvalue weighted by atomic mass is 16.3. The normalized spacial score (nSPS) is 20.9. The molecular formula is C23H31N5O2. The molecule has 30 heavy (non-hydrogen) atoms. The van der Waals surface area contributed by atoms with Crippen molar-refractivity contribution in [2.45, 2.75) is 37.6 Å². The Kier molecular flexibility index (Phi) is 6.69. The van der Waals surface area contributed by atoms with Crippen molar-refractivity contribution < 1.29 is 9.21 Å². The van der Waals surface area contributed by atoms with Crippen LogP contribution < -0.4 is 16.0 Å². The van der Waals surface area contributed by atoms with Crippen molar-refractivity contribution in [1.82, 2.24) is 15.5 Å². The van der Waals surface area contributed by atoms with Crippen molar-refractivity contribution in [2.24, 2.45) is 4.99 Å². The molecule has 1 fully saturated rings. The summed E-state index contributed by atoms with van der Waals surface area (Å²) in [6.45, 7) is 3.55. The predicted octanol–water partition coefficient (Wildman–Crippen LogP) is 3.10. The number of likely N-dealkylation sites (tertiary alicyclic amines) is 1. The molecule has 1 aromatic carbocycles. The topological polar surface area (TPSA) is 81.9 Å². The first-order chi connectivity index (χ1) is 14.7. The van der Waals surface area contributed by atoms with Crippen LogP contribution in [0.5, 0.6) is 0 Å². The lowest BCUT2D eigenvalue weighted by Crippen LogP contribution is -2.45. The molecule has 0 aliphatic carbocycles. The summed E-state index contributed by atoms with van der Waals surface area (Å²) < 4.78 is 5.73. The molecule has 1 saturated heterocycles. The quantitative estimate of drug-likeness (QED) is 0.505. The molecule has 2 aliphatic heterocycles. The fourth-order valence-electron chi connectivity index (χ4n) is 4.44. The third-order valence-corrected chi connectivity index (χ3v) is 6.01. The van der Waals surface area contributed by atoms with Gasteiger partial charge in [0.25, 0.3) is 0 Å². The minimum absolute atomic E-state index is 0.0615. The van der Waals surface area contributed by atoms with E-state index in [1.54, 1.807) is 13.3 Å². The van der Waals surface area contributed by atoms with E-state index < -0.39 is 0 Å². The Morgan fingerprint density at radius 3 is 2.80 bits per heavy atom. The Balaban J connectivity index is 1.37. The highest BCUT2D eigenvalue weighted by molar-refractivity contribution is 5.94. The second kappa shape index (κ2) is 9.80. The number of para-hydroxylation sites is 1. The lowest BCUT2D eigenvalue weighted by molar-refractivity contribution is -0.116. The van der Waals surface area contributed by atoms with E-state index in [0.717, 1.165) is 37.0 Å². The maximum absolute atomic E-state index is 12.1. The van der Waals surface area contributed by atoms with Crippen LogP contribution in [0, 0.1) is 0 Å². The standard InChI is InChI=1S/C23H31N5O2/c1-24-23(25-15-17-14-22(29)27-19-9-4-3-8-18(17)19)26-16-20(21-10-7-13-30-21)28-11-5-2-6-12-28/h3-4,7-10,13,17,20H,2,5-6,11-12,14-16H2,1H3,(H,27,29)(H2,24,25,26). The first-order valence-corrected chi connectivity index (χ1v) is 10.9. The number of guanidine groups is 1. The van der Waals surface area contributed by atoms with Crippen LogP contribution in [-0.2, 0) is 4.79 Å². The third-order valence-electron chi connectivity index (χ3n) is 6.01. The zero-order chi connectivity index (χ0) is 20.8. The smallest absolute Gasteiger partial charge is 0.225 e. The van der Waals surface area contributed by atoms with Crippen molar-refractivity contribution in [1.29, 1.82) is 0 Å². The summed E-state index contributed by atoms with van der Waals surface area (Å²) in [5, 5.41) is 9.84. The number of piperidine rings is 1. The van der Waals surface area contributed by atoms with Gasteiger partial charge in [0.1, 0.15) is 5.76 Å². The van der Waals surface area contributed by atoms with Crippen LogP contribution in [-0.4, -0.2) is 50.0 Å². The van der Waals surface area contributed by atoms with E-state index in [4.69, 9.17) is 4.42 Å². The van der Waals surface area contributed by atoms with E-state index >= 15 is 0 Å². The fraction of sp³-hybridized carbons (Fsp3) is 0.478. The summed E-state index contributed by atoms with van der Waals surface area (Å²) in [6, 6.07) is 12.2. The molecule has 160 valence electrons. The van der Waals surface area contributed by atoms with E-state index in [2.05, 4.69) is 38.0 Å². The molecule has 3 heterocycles. The first kappa shape index (κ1) is 20.5. The molecule has 0 spiro atoms. The summed E-state index contributed by atoms with van der Waals surface area (Å²) in [6.07, 6.45) is 5.98. The molecule has 7 heteroatoms.